The average molecular weight is 954 g/mol. The zero-order valence-electron chi connectivity index (χ0n) is 38.3. The highest BCUT2D eigenvalue weighted by Gasteiger charge is 2.44. The molecular weight excluding hydrogens is 898 g/mol. The number of fused-ring (bicyclic) bond motifs is 1. The monoisotopic (exact) mass is 953 g/mol. The molecule has 0 bridgehead atoms. The molecule has 4 heterocycles. The Hall–Kier alpha value is -6.91. The summed E-state index contributed by atoms with van der Waals surface area (Å²) < 4.78 is 47.9. The number of hydrogen-bond donors (Lipinski definition) is 4. The van der Waals surface area contributed by atoms with Crippen LogP contribution in [0.1, 0.15) is 51.2 Å². The van der Waals surface area contributed by atoms with Crippen molar-refractivity contribution in [2.45, 2.75) is 25.3 Å². The van der Waals surface area contributed by atoms with Gasteiger partial charge in [0.1, 0.15) is 23.3 Å². The number of carbonyl (C=O) groups is 5. The summed E-state index contributed by atoms with van der Waals surface area (Å²) in [4.78, 5) is 76.1. The maximum absolute atomic E-state index is 14.7. The van der Waals surface area contributed by atoms with Gasteiger partial charge in [-0.05, 0) is 48.9 Å². The highest BCUT2D eigenvalue weighted by atomic mass is 19.1. The minimum absolute atomic E-state index is 0.0307. The number of nitrogens with one attached hydrogen (secondary N) is 3. The minimum Gasteiger partial charge on any atom is -0.496 e. The van der Waals surface area contributed by atoms with Crippen LogP contribution in [0.15, 0.2) is 66.9 Å². The molecule has 3 aliphatic heterocycles. The average Bonchev–Trinajstić information content (AvgIpc) is 3.60. The van der Waals surface area contributed by atoms with E-state index in [4.69, 9.17) is 39.6 Å². The van der Waals surface area contributed by atoms with E-state index >= 15 is 0 Å². The van der Waals surface area contributed by atoms with Crippen molar-refractivity contribution in [2.75, 3.05) is 122 Å². The van der Waals surface area contributed by atoms with E-state index in [2.05, 4.69) is 25.5 Å². The van der Waals surface area contributed by atoms with Crippen LogP contribution in [0, 0.1) is 11.2 Å². The first-order valence-corrected chi connectivity index (χ1v) is 22.7. The van der Waals surface area contributed by atoms with Crippen molar-refractivity contribution >= 4 is 52.3 Å². The number of piperidine rings is 1. The number of nitrogens with two attached hydrogens (primary N) is 1. The predicted octanol–water partition coefficient (Wildman–Crippen LogP) is 2.92. The first kappa shape index (κ1) is 50.0. The maximum Gasteiger partial charge on any atom is 0.262 e. The molecule has 7 rings (SSSR count). The third-order valence-corrected chi connectivity index (χ3v) is 11.6. The topological polar surface area (TPSA) is 250 Å². The largest absolute Gasteiger partial charge is 0.496 e. The van der Waals surface area contributed by atoms with Crippen LogP contribution in [-0.2, 0) is 38.1 Å². The third kappa shape index (κ3) is 12.8. The summed E-state index contributed by atoms with van der Waals surface area (Å²) in [6.07, 6.45) is 1.80. The van der Waals surface area contributed by atoms with Gasteiger partial charge in [0.05, 0.1) is 114 Å². The lowest BCUT2D eigenvalue weighted by Crippen LogP contribution is -2.54. The Kier molecular flexibility index (Phi) is 17.7. The van der Waals surface area contributed by atoms with Crippen molar-refractivity contribution in [2.24, 2.45) is 0 Å². The third-order valence-electron chi connectivity index (χ3n) is 11.6. The molecule has 0 aliphatic carbocycles. The van der Waals surface area contributed by atoms with Gasteiger partial charge >= 0.3 is 0 Å². The van der Waals surface area contributed by atoms with E-state index in [1.54, 1.807) is 24.3 Å². The zero-order chi connectivity index (χ0) is 48.7. The van der Waals surface area contributed by atoms with Crippen LogP contribution in [-0.4, -0.2) is 167 Å². The van der Waals surface area contributed by atoms with Gasteiger partial charge in [-0.3, -0.25) is 39.6 Å². The van der Waals surface area contributed by atoms with Gasteiger partial charge in [-0.2, -0.15) is 0 Å². The first-order valence-electron chi connectivity index (χ1n) is 22.7. The number of aromatic nitrogens is 2. The quantitative estimate of drug-likeness (QED) is 0.0424. The molecule has 366 valence electrons. The van der Waals surface area contributed by atoms with Crippen LogP contribution in [0.4, 0.5) is 21.5 Å². The van der Waals surface area contributed by atoms with Gasteiger partial charge in [-0.25, -0.2) is 14.4 Å². The van der Waals surface area contributed by atoms with Gasteiger partial charge in [-0.1, -0.05) is 18.2 Å². The molecule has 0 saturated carbocycles. The molecular formula is C48H56FN9O11. The fraction of sp³-hybridized carbons (Fsp3) is 0.417. The lowest BCUT2D eigenvalue weighted by molar-refractivity contribution is -0.136. The van der Waals surface area contributed by atoms with E-state index < -0.39 is 35.5 Å². The molecule has 1 unspecified atom stereocenters. The second-order valence-corrected chi connectivity index (χ2v) is 16.1. The van der Waals surface area contributed by atoms with Crippen LogP contribution < -0.4 is 26.0 Å². The van der Waals surface area contributed by atoms with Crippen molar-refractivity contribution in [3.63, 3.8) is 0 Å². The molecule has 0 radical (unpaired) electrons. The Labute approximate surface area is 398 Å². The second kappa shape index (κ2) is 24.4. The zero-order valence-corrected chi connectivity index (χ0v) is 38.3. The normalized spacial score (nSPS) is 15.9. The molecule has 1 atom stereocenters. The fourth-order valence-electron chi connectivity index (χ4n) is 7.94. The SMILES string of the molecule is COc1cccc(F)c1-c1ncc(N)c(C(=N)c2ccc(N3CCN(C(=O)CCOCCOCCOCCOCCOCCNc4ccc5c(c4)C(=O)N(C4CCC(=O)NC4=O)C5=O)CC3)cc2)n1. The van der Waals surface area contributed by atoms with Crippen LogP contribution in [0.2, 0.25) is 0 Å². The van der Waals surface area contributed by atoms with Gasteiger partial charge in [0.2, 0.25) is 17.7 Å². The standard InChI is InChI=1S/C48H56FN9O11/c1-64-39-4-2-3-36(49)42(39)45-53-30-37(50)44(55-45)43(51)31-5-8-33(9-6-31)56-15-17-57(18-16-56)41(60)13-19-65-21-23-67-25-27-69-28-26-68-24-22-66-20-14-52-32-7-10-34-35(29-32)48(63)58(47(34)62)38-11-12-40(59)54-46(38)61/h2-10,29-30,38,51-52H,11-28,50H2,1H3,(H,54,59,61). The minimum atomic E-state index is -1.01. The molecule has 2 fully saturated rings. The van der Waals surface area contributed by atoms with Gasteiger partial charge in [0.15, 0.2) is 5.82 Å². The Bertz CT molecular complexity index is 2490. The summed E-state index contributed by atoms with van der Waals surface area (Å²) in [6, 6.07) is 15.7. The smallest absolute Gasteiger partial charge is 0.262 e. The Morgan fingerprint density at radius 1 is 0.826 bits per heavy atom. The summed E-state index contributed by atoms with van der Waals surface area (Å²) in [6.45, 7) is 6.65. The summed E-state index contributed by atoms with van der Waals surface area (Å²) in [5.74, 6) is -2.36. The van der Waals surface area contributed by atoms with E-state index in [1.165, 1.54) is 25.4 Å². The molecule has 69 heavy (non-hydrogen) atoms. The van der Waals surface area contributed by atoms with E-state index in [0.717, 1.165) is 10.6 Å². The molecule has 3 aromatic carbocycles. The molecule has 0 spiro atoms. The molecule has 21 heteroatoms. The Morgan fingerprint density at radius 2 is 1.46 bits per heavy atom. The van der Waals surface area contributed by atoms with Crippen molar-refractivity contribution in [1.82, 2.24) is 25.1 Å². The predicted molar refractivity (Wildman–Crippen MR) is 250 cm³/mol. The van der Waals surface area contributed by atoms with Gasteiger partial charge in [-0.15, -0.1) is 0 Å². The van der Waals surface area contributed by atoms with Crippen LogP contribution in [0.5, 0.6) is 5.75 Å². The number of carbonyl (C=O) groups excluding carboxylic acids is 5. The maximum atomic E-state index is 14.7. The van der Waals surface area contributed by atoms with Crippen molar-refractivity contribution in [1.29, 1.82) is 5.41 Å². The number of imide groups is 2. The highest BCUT2D eigenvalue weighted by molar-refractivity contribution is 6.23. The lowest BCUT2D eigenvalue weighted by atomic mass is 10.0. The van der Waals surface area contributed by atoms with Crippen LogP contribution in [0.3, 0.4) is 0 Å². The van der Waals surface area contributed by atoms with E-state index in [-0.39, 0.29) is 70.5 Å². The number of nitrogen functional groups attached to an aromatic ring is 1. The summed E-state index contributed by atoms with van der Waals surface area (Å²) in [5, 5.41) is 14.2. The summed E-state index contributed by atoms with van der Waals surface area (Å²) in [5.41, 5.74) is 9.28. The van der Waals surface area contributed by atoms with E-state index in [1.807, 2.05) is 29.2 Å². The lowest BCUT2D eigenvalue weighted by Gasteiger charge is -2.36. The summed E-state index contributed by atoms with van der Waals surface area (Å²) in [7, 11) is 1.43. The number of methoxy groups -OCH3 is 1. The molecule has 5 N–H and O–H groups in total. The molecule has 5 amide bonds. The molecule has 20 nitrogen and oxygen atoms in total. The number of anilines is 3. The molecule has 4 aromatic rings. The van der Waals surface area contributed by atoms with Crippen LogP contribution >= 0.6 is 0 Å². The van der Waals surface area contributed by atoms with Gasteiger partial charge in [0.25, 0.3) is 11.8 Å². The number of hydrogen-bond acceptors (Lipinski definition) is 17. The second-order valence-electron chi connectivity index (χ2n) is 16.1. The Morgan fingerprint density at radius 3 is 2.12 bits per heavy atom. The molecule has 3 aliphatic rings. The summed E-state index contributed by atoms with van der Waals surface area (Å²) >= 11 is 0. The highest BCUT2D eigenvalue weighted by Crippen LogP contribution is 2.32. The number of amides is 5. The van der Waals surface area contributed by atoms with Crippen LogP contribution in [0.25, 0.3) is 11.4 Å². The number of ether oxygens (including phenoxy) is 6. The number of rotatable bonds is 25. The van der Waals surface area contributed by atoms with Crippen molar-refractivity contribution < 1.29 is 56.8 Å². The van der Waals surface area contributed by atoms with Gasteiger partial charge in [0, 0.05) is 56.1 Å². The first-order chi connectivity index (χ1) is 33.5. The number of benzene rings is 3. The molecule has 2 saturated heterocycles. The molecule has 1 aromatic heterocycles. The van der Waals surface area contributed by atoms with Crippen molar-refractivity contribution in [3.05, 3.63) is 95.1 Å². The Balaban J connectivity index is 0.670. The van der Waals surface area contributed by atoms with Gasteiger partial charge < -0.3 is 49.3 Å². The fourth-order valence-corrected chi connectivity index (χ4v) is 7.94. The van der Waals surface area contributed by atoms with E-state index in [9.17, 15) is 28.4 Å². The number of piperazine rings is 1. The van der Waals surface area contributed by atoms with Crippen molar-refractivity contribution in [3.8, 4) is 17.1 Å². The van der Waals surface area contributed by atoms with E-state index in [0.29, 0.717) is 110 Å². The number of nitrogens with zero attached hydrogens (tertiary/aromatic N) is 5. The number of halogens is 1.